The first-order valence-corrected chi connectivity index (χ1v) is 12.6. The minimum absolute atomic E-state index is 0.0152. The number of Topliss-reactive ketones (excluding diaryl/α,β-unsaturated/α-hetero) is 1. The topological polar surface area (TPSA) is 74.2 Å². The maximum absolute atomic E-state index is 13.7. The molecule has 0 radical (unpaired) electrons. The van der Waals surface area contributed by atoms with E-state index < -0.39 is 11.8 Å². The number of benzene rings is 2. The van der Waals surface area contributed by atoms with Gasteiger partial charge in [-0.3, -0.25) is 14.6 Å². The van der Waals surface area contributed by atoms with E-state index in [9.17, 15) is 9.59 Å². The fraction of sp³-hybridized carbons (Fsp3) is 0.414. The van der Waals surface area contributed by atoms with Gasteiger partial charge in [0.15, 0.2) is 17.3 Å². The summed E-state index contributed by atoms with van der Waals surface area (Å²) in [7, 11) is 3.19. The quantitative estimate of drug-likeness (QED) is 0.411. The minimum atomic E-state index is -0.683. The van der Waals surface area contributed by atoms with Crippen molar-refractivity contribution in [3.63, 3.8) is 0 Å². The highest BCUT2D eigenvalue weighted by molar-refractivity contribution is 6.30. The van der Waals surface area contributed by atoms with Gasteiger partial charge in [-0.15, -0.1) is 0 Å². The molecule has 0 amide bonds. The Hall–Kier alpha value is -3.12. The Kier molecular flexibility index (Phi) is 7.84. The summed E-state index contributed by atoms with van der Waals surface area (Å²) in [6.45, 7) is 5.67. The zero-order chi connectivity index (χ0) is 26.0. The van der Waals surface area contributed by atoms with Crippen molar-refractivity contribution < 1.29 is 23.8 Å². The number of hydrogen-bond acceptors (Lipinski definition) is 6. The molecule has 4 rings (SSSR count). The van der Waals surface area contributed by atoms with Crippen LogP contribution >= 0.6 is 11.6 Å². The Morgan fingerprint density at radius 1 is 1.08 bits per heavy atom. The van der Waals surface area contributed by atoms with Crippen molar-refractivity contribution in [1.82, 2.24) is 0 Å². The molecule has 2 aliphatic rings. The van der Waals surface area contributed by atoms with Crippen LogP contribution in [0.25, 0.3) is 0 Å². The van der Waals surface area contributed by atoms with E-state index in [1.54, 1.807) is 20.3 Å². The van der Waals surface area contributed by atoms with Crippen LogP contribution < -0.4 is 9.47 Å². The molecule has 0 fully saturated rings. The number of carbonyl (C=O) groups excluding carboxylic acids is 2. The standard InChI is InChI=1S/C29H32ClNO5/c1-6-16(2)36-29(33)26-17(3)31-22-13-20(18-10-11-24(34-4)25(15-18)35-5)14-23(32)28(22)27(26)19-8-7-9-21(30)12-19/h7-12,15-16,20,26-27H,6,13-14H2,1-5H3/t16-,20-,26?,27+/m1/s1. The predicted octanol–water partition coefficient (Wildman–Crippen LogP) is 6.27. The first-order chi connectivity index (χ1) is 17.3. The lowest BCUT2D eigenvalue weighted by Gasteiger charge is -2.37. The van der Waals surface area contributed by atoms with E-state index in [2.05, 4.69) is 0 Å². The molecule has 1 heterocycles. The van der Waals surface area contributed by atoms with Crippen LogP contribution in [0.2, 0.25) is 5.02 Å². The predicted molar refractivity (Wildman–Crippen MR) is 140 cm³/mol. The maximum atomic E-state index is 13.7. The molecule has 6 nitrogen and oxygen atoms in total. The van der Waals surface area contributed by atoms with Gasteiger partial charge < -0.3 is 14.2 Å². The van der Waals surface area contributed by atoms with Crippen molar-refractivity contribution >= 4 is 29.1 Å². The van der Waals surface area contributed by atoms with Gasteiger partial charge in [0, 0.05) is 34.3 Å². The number of rotatable bonds is 7. The number of ketones is 1. The van der Waals surface area contributed by atoms with Crippen molar-refractivity contribution in [2.75, 3.05) is 14.2 Å². The molecule has 0 saturated carbocycles. The monoisotopic (exact) mass is 509 g/mol. The Labute approximate surface area is 217 Å². The third-order valence-electron chi connectivity index (χ3n) is 7.12. The molecule has 2 aromatic rings. The minimum Gasteiger partial charge on any atom is -0.493 e. The largest absolute Gasteiger partial charge is 0.493 e. The first-order valence-electron chi connectivity index (χ1n) is 12.3. The molecule has 2 aromatic carbocycles. The Bertz CT molecular complexity index is 1230. The summed E-state index contributed by atoms with van der Waals surface area (Å²) in [4.78, 5) is 31.9. The lowest BCUT2D eigenvalue weighted by Crippen LogP contribution is -2.39. The summed E-state index contributed by atoms with van der Waals surface area (Å²) in [6.07, 6.45) is 1.37. The number of ether oxygens (including phenoxy) is 3. The van der Waals surface area contributed by atoms with E-state index in [-0.39, 0.29) is 23.8 Å². The highest BCUT2D eigenvalue weighted by Crippen LogP contribution is 2.47. The van der Waals surface area contributed by atoms with E-state index in [0.29, 0.717) is 47.1 Å². The fourth-order valence-corrected chi connectivity index (χ4v) is 5.32. The molecule has 1 unspecified atom stereocenters. The van der Waals surface area contributed by atoms with Gasteiger partial charge in [0.05, 0.1) is 20.3 Å². The third kappa shape index (κ3) is 5.05. The van der Waals surface area contributed by atoms with Crippen LogP contribution in [0.3, 0.4) is 0 Å². The Balaban J connectivity index is 1.77. The summed E-state index contributed by atoms with van der Waals surface area (Å²) in [5, 5.41) is 0.551. The summed E-state index contributed by atoms with van der Waals surface area (Å²) in [5.41, 5.74) is 3.76. The molecule has 190 valence electrons. The van der Waals surface area contributed by atoms with Gasteiger partial charge in [0.2, 0.25) is 0 Å². The highest BCUT2D eigenvalue weighted by atomic mass is 35.5. The van der Waals surface area contributed by atoms with Crippen LogP contribution in [0, 0.1) is 5.92 Å². The van der Waals surface area contributed by atoms with E-state index in [4.69, 9.17) is 30.8 Å². The lowest BCUT2D eigenvalue weighted by atomic mass is 9.69. The molecule has 0 bridgehead atoms. The van der Waals surface area contributed by atoms with E-state index >= 15 is 0 Å². The third-order valence-corrected chi connectivity index (χ3v) is 7.36. The van der Waals surface area contributed by atoms with Gasteiger partial charge in [-0.1, -0.05) is 36.7 Å². The summed E-state index contributed by atoms with van der Waals surface area (Å²) in [5.74, 6) is -0.357. The van der Waals surface area contributed by atoms with Crippen LogP contribution in [-0.2, 0) is 14.3 Å². The SMILES string of the molecule is CC[C@@H](C)OC(=O)C1C(C)=NC2=C(C(=O)C[C@H](c3ccc(OC)c(OC)c3)C2)[C@H]1c1cccc(Cl)c1. The van der Waals surface area contributed by atoms with E-state index in [1.165, 1.54) is 0 Å². The van der Waals surface area contributed by atoms with Crippen LogP contribution in [0.4, 0.5) is 0 Å². The smallest absolute Gasteiger partial charge is 0.315 e. The van der Waals surface area contributed by atoms with Crippen molar-refractivity contribution in [1.29, 1.82) is 0 Å². The average molecular weight is 510 g/mol. The van der Waals surface area contributed by atoms with Gasteiger partial charge in [-0.05, 0) is 68.0 Å². The van der Waals surface area contributed by atoms with Crippen molar-refractivity contribution in [3.8, 4) is 11.5 Å². The van der Waals surface area contributed by atoms with Crippen molar-refractivity contribution in [2.24, 2.45) is 10.9 Å². The van der Waals surface area contributed by atoms with Gasteiger partial charge in [-0.2, -0.15) is 0 Å². The van der Waals surface area contributed by atoms with Gasteiger partial charge >= 0.3 is 5.97 Å². The fourth-order valence-electron chi connectivity index (χ4n) is 5.12. The zero-order valence-corrected chi connectivity index (χ0v) is 22.1. The summed E-state index contributed by atoms with van der Waals surface area (Å²) in [6, 6.07) is 13.1. The highest BCUT2D eigenvalue weighted by Gasteiger charge is 2.45. The summed E-state index contributed by atoms with van der Waals surface area (Å²) >= 11 is 6.33. The second kappa shape index (κ2) is 10.9. The average Bonchev–Trinajstić information content (AvgIpc) is 2.86. The van der Waals surface area contributed by atoms with Crippen LogP contribution in [0.1, 0.15) is 63.0 Å². The number of halogens is 1. The molecule has 4 atom stereocenters. The van der Waals surface area contributed by atoms with Gasteiger partial charge in [0.1, 0.15) is 5.92 Å². The first kappa shape index (κ1) is 26.0. The molecule has 0 saturated heterocycles. The van der Waals surface area contributed by atoms with Crippen molar-refractivity contribution in [2.45, 2.75) is 58.0 Å². The molecule has 0 aromatic heterocycles. The second-order valence-electron chi connectivity index (χ2n) is 9.42. The van der Waals surface area contributed by atoms with Crippen LogP contribution in [0.15, 0.2) is 58.7 Å². The zero-order valence-electron chi connectivity index (χ0n) is 21.3. The molecule has 36 heavy (non-hydrogen) atoms. The number of methoxy groups -OCH3 is 2. The van der Waals surface area contributed by atoms with Gasteiger partial charge in [0.25, 0.3) is 0 Å². The second-order valence-corrected chi connectivity index (χ2v) is 9.86. The van der Waals surface area contributed by atoms with Gasteiger partial charge in [-0.25, -0.2) is 0 Å². The maximum Gasteiger partial charge on any atom is 0.315 e. The molecular formula is C29H32ClNO5. The Morgan fingerprint density at radius 3 is 2.50 bits per heavy atom. The number of hydrogen-bond donors (Lipinski definition) is 0. The summed E-state index contributed by atoms with van der Waals surface area (Å²) < 4.78 is 16.6. The lowest BCUT2D eigenvalue weighted by molar-refractivity contribution is -0.151. The van der Waals surface area contributed by atoms with Crippen LogP contribution in [-0.4, -0.2) is 37.8 Å². The normalized spacial score (nSPS) is 22.4. The number of aliphatic imine (C=N–C) groups is 1. The molecule has 0 spiro atoms. The number of allylic oxidation sites excluding steroid dienone is 2. The number of esters is 1. The molecule has 0 N–H and O–H groups in total. The molecule has 1 aliphatic carbocycles. The molecular weight excluding hydrogens is 478 g/mol. The van der Waals surface area contributed by atoms with Crippen LogP contribution in [0.5, 0.6) is 11.5 Å². The number of carbonyl (C=O) groups is 2. The van der Waals surface area contributed by atoms with E-state index in [1.807, 2.05) is 57.2 Å². The molecule has 1 aliphatic heterocycles. The Morgan fingerprint density at radius 2 is 1.83 bits per heavy atom. The molecule has 7 heteroatoms. The van der Waals surface area contributed by atoms with E-state index in [0.717, 1.165) is 16.8 Å². The van der Waals surface area contributed by atoms with Crippen molar-refractivity contribution in [3.05, 3.63) is 69.9 Å². The number of nitrogens with zero attached hydrogens (tertiary/aromatic N) is 1.